The minimum atomic E-state index is -0.740. The molecule has 0 spiro atoms. The third-order valence-corrected chi connectivity index (χ3v) is 8.77. The summed E-state index contributed by atoms with van der Waals surface area (Å²) in [5, 5.41) is 30.1. The van der Waals surface area contributed by atoms with Crippen LogP contribution in [0.15, 0.2) is 36.4 Å². The molecule has 44 heavy (non-hydrogen) atoms. The Hall–Kier alpha value is -2.77. The molecule has 0 aromatic heterocycles. The van der Waals surface area contributed by atoms with E-state index in [1.165, 1.54) is 5.56 Å². The van der Waals surface area contributed by atoms with Crippen molar-refractivity contribution < 1.29 is 34.3 Å². The second kappa shape index (κ2) is 16.5. The van der Waals surface area contributed by atoms with E-state index in [0.29, 0.717) is 24.5 Å². The zero-order valence-electron chi connectivity index (χ0n) is 28.7. The van der Waals surface area contributed by atoms with Crippen molar-refractivity contribution in [3.8, 4) is 17.2 Å². The first-order chi connectivity index (χ1) is 20.5. The Bertz CT molecular complexity index is 1170. The van der Waals surface area contributed by atoms with Gasteiger partial charge < -0.3 is 29.5 Å². The maximum atomic E-state index is 10.7. The summed E-state index contributed by atoms with van der Waals surface area (Å²) in [6.45, 7) is 19.2. The number of benzene rings is 2. The van der Waals surface area contributed by atoms with Crippen LogP contribution < -0.4 is 14.2 Å². The fourth-order valence-electron chi connectivity index (χ4n) is 5.13. The summed E-state index contributed by atoms with van der Waals surface area (Å²) in [5.74, 6) is 1.22. The minimum absolute atomic E-state index is 0.126. The molecule has 2 atom stereocenters. The zero-order valence-corrected chi connectivity index (χ0v) is 28.7. The molecule has 0 saturated heterocycles. The topological polar surface area (TPSA) is 105 Å². The van der Waals surface area contributed by atoms with E-state index < -0.39 is 18.2 Å². The second-order valence-electron chi connectivity index (χ2n) is 14.2. The fourth-order valence-corrected chi connectivity index (χ4v) is 5.13. The molecule has 2 aromatic carbocycles. The summed E-state index contributed by atoms with van der Waals surface area (Å²) in [5.41, 5.74) is 2.43. The van der Waals surface area contributed by atoms with Gasteiger partial charge in [-0.1, -0.05) is 86.4 Å². The lowest BCUT2D eigenvalue weighted by Crippen LogP contribution is -2.33. The highest BCUT2D eigenvalue weighted by atomic mass is 16.5. The Balaban J connectivity index is 2.32. The van der Waals surface area contributed by atoms with Gasteiger partial charge >= 0.3 is 5.97 Å². The lowest BCUT2D eigenvalue weighted by Gasteiger charge is -2.34. The van der Waals surface area contributed by atoms with Crippen LogP contribution in [0.2, 0.25) is 0 Å². The van der Waals surface area contributed by atoms with E-state index in [-0.39, 0.29) is 35.9 Å². The minimum Gasteiger partial charge on any atom is -0.493 e. The van der Waals surface area contributed by atoms with Crippen molar-refractivity contribution in [2.45, 2.75) is 125 Å². The monoisotopic (exact) mass is 614 g/mol. The number of aliphatic hydroxyl groups excluding tert-OH is 2. The van der Waals surface area contributed by atoms with Crippen LogP contribution in [0.25, 0.3) is 0 Å². The van der Waals surface area contributed by atoms with E-state index in [0.717, 1.165) is 49.0 Å². The number of rotatable bonds is 18. The van der Waals surface area contributed by atoms with Crippen molar-refractivity contribution >= 4 is 5.97 Å². The predicted molar refractivity (Wildman–Crippen MR) is 177 cm³/mol. The van der Waals surface area contributed by atoms with E-state index in [1.807, 2.05) is 53.7 Å². The van der Waals surface area contributed by atoms with Crippen LogP contribution in [-0.4, -0.2) is 53.3 Å². The number of carboxylic acid groups (broad SMARTS) is 1. The number of ether oxygens (including phenoxy) is 3. The molecule has 0 radical (unpaired) electrons. The smallest absolute Gasteiger partial charge is 0.303 e. The summed E-state index contributed by atoms with van der Waals surface area (Å²) in [4.78, 5) is 10.7. The first-order valence-corrected chi connectivity index (χ1v) is 16.3. The van der Waals surface area contributed by atoms with Gasteiger partial charge in [0.2, 0.25) is 0 Å². The van der Waals surface area contributed by atoms with Gasteiger partial charge in [0, 0.05) is 11.8 Å². The Morgan fingerprint density at radius 2 is 1.20 bits per heavy atom. The molecule has 3 N–H and O–H groups in total. The van der Waals surface area contributed by atoms with Crippen molar-refractivity contribution in [2.75, 3.05) is 19.8 Å². The van der Waals surface area contributed by atoms with E-state index in [2.05, 4.69) is 45.0 Å². The fraction of sp³-hybridized carbons (Fsp3) is 0.649. The third-order valence-electron chi connectivity index (χ3n) is 8.77. The number of carbonyl (C=O) groups is 1. The number of unbranched alkanes of at least 4 members (excludes halogenated alkanes) is 3. The maximum Gasteiger partial charge on any atom is 0.303 e. The van der Waals surface area contributed by atoms with Crippen LogP contribution in [0.5, 0.6) is 17.2 Å². The normalized spacial score (nSPS) is 13.8. The molecule has 0 fully saturated rings. The number of aryl methyl sites for hydroxylation is 1. The van der Waals surface area contributed by atoms with Crippen LogP contribution in [-0.2, 0) is 10.2 Å². The standard InChI is InChI=1S/C37H58O7/c1-10-37(11-2,27-17-19-29(26(3)22-27)42-21-15-13-12-14-16-34(40)41)28-18-20-30(43-24-32(38)35(4,5)6)31(23-28)44-25-33(39)36(7,8)9/h17-20,22-23,32-33,38-39H,10-16,21,24-25H2,1-9H3,(H,40,41). The number of aliphatic hydroxyl groups is 2. The van der Waals surface area contributed by atoms with Gasteiger partial charge in [-0.25, -0.2) is 0 Å². The van der Waals surface area contributed by atoms with Gasteiger partial charge in [0.1, 0.15) is 19.0 Å². The molecule has 0 saturated carbocycles. The number of hydrogen-bond donors (Lipinski definition) is 3. The van der Waals surface area contributed by atoms with Crippen LogP contribution in [0.4, 0.5) is 0 Å². The van der Waals surface area contributed by atoms with Gasteiger partial charge in [-0.3, -0.25) is 4.79 Å². The first kappa shape index (κ1) is 37.4. The van der Waals surface area contributed by atoms with E-state index in [1.54, 1.807) is 0 Å². The quantitative estimate of drug-likeness (QED) is 0.146. The lowest BCUT2D eigenvalue weighted by molar-refractivity contribution is -0.137. The van der Waals surface area contributed by atoms with Crippen molar-refractivity contribution in [2.24, 2.45) is 10.8 Å². The van der Waals surface area contributed by atoms with Gasteiger partial charge in [-0.15, -0.1) is 0 Å². The molecule has 2 aromatic rings. The molecule has 2 rings (SSSR count). The number of aliphatic carboxylic acids is 1. The zero-order chi connectivity index (χ0) is 33.1. The molecule has 0 aliphatic rings. The van der Waals surface area contributed by atoms with E-state index in [4.69, 9.17) is 19.3 Å². The lowest BCUT2D eigenvalue weighted by atomic mass is 9.70. The van der Waals surface area contributed by atoms with E-state index >= 15 is 0 Å². The summed E-state index contributed by atoms with van der Waals surface area (Å²) in [6, 6.07) is 12.5. The molecule has 248 valence electrons. The molecule has 7 heteroatoms. The number of hydrogen-bond acceptors (Lipinski definition) is 6. The summed E-state index contributed by atoms with van der Waals surface area (Å²) >= 11 is 0. The first-order valence-electron chi connectivity index (χ1n) is 16.3. The van der Waals surface area contributed by atoms with Crippen molar-refractivity contribution in [3.63, 3.8) is 0 Å². The highest BCUT2D eigenvalue weighted by Crippen LogP contribution is 2.43. The molecule has 0 aliphatic carbocycles. The van der Waals surface area contributed by atoms with Crippen LogP contribution in [0.3, 0.4) is 0 Å². The average Bonchev–Trinajstić information content (AvgIpc) is 2.95. The van der Waals surface area contributed by atoms with E-state index in [9.17, 15) is 15.0 Å². The van der Waals surface area contributed by atoms with Gasteiger partial charge in [0.05, 0.1) is 18.8 Å². The number of carboxylic acids is 1. The van der Waals surface area contributed by atoms with Gasteiger partial charge in [-0.05, 0) is 78.3 Å². The molecule has 7 nitrogen and oxygen atoms in total. The largest absolute Gasteiger partial charge is 0.493 e. The summed E-state index contributed by atoms with van der Waals surface area (Å²) < 4.78 is 18.4. The average molecular weight is 615 g/mol. The summed E-state index contributed by atoms with van der Waals surface area (Å²) in [6.07, 6.45) is 4.08. The van der Waals surface area contributed by atoms with Crippen molar-refractivity contribution in [1.82, 2.24) is 0 Å². The Morgan fingerprint density at radius 3 is 1.70 bits per heavy atom. The molecule has 0 bridgehead atoms. The van der Waals surface area contributed by atoms with Gasteiger partial charge in [0.25, 0.3) is 0 Å². The third kappa shape index (κ3) is 10.7. The molecule has 0 heterocycles. The van der Waals surface area contributed by atoms with Crippen molar-refractivity contribution in [1.29, 1.82) is 0 Å². The van der Waals surface area contributed by atoms with Crippen molar-refractivity contribution in [3.05, 3.63) is 53.1 Å². The van der Waals surface area contributed by atoms with Gasteiger partial charge in [0.15, 0.2) is 11.5 Å². The molecular weight excluding hydrogens is 556 g/mol. The Morgan fingerprint density at radius 1 is 0.705 bits per heavy atom. The SMILES string of the molecule is CCC(CC)(c1ccc(OCCCCCCC(=O)O)c(C)c1)c1ccc(OCC(O)C(C)(C)C)c(OCC(O)C(C)(C)C)c1. The van der Waals surface area contributed by atoms with Crippen LogP contribution >= 0.6 is 0 Å². The Labute approximate surface area is 265 Å². The highest BCUT2D eigenvalue weighted by molar-refractivity contribution is 5.66. The van der Waals surface area contributed by atoms with Gasteiger partial charge in [-0.2, -0.15) is 0 Å². The molecule has 2 unspecified atom stereocenters. The maximum absolute atomic E-state index is 10.7. The molecule has 0 amide bonds. The molecular formula is C37H58O7. The Kier molecular flexibility index (Phi) is 14.0. The molecule has 0 aliphatic heterocycles. The van der Waals surface area contributed by atoms with Crippen LogP contribution in [0, 0.1) is 17.8 Å². The highest BCUT2D eigenvalue weighted by Gasteiger charge is 2.33. The van der Waals surface area contributed by atoms with Crippen LogP contribution in [0.1, 0.15) is 117 Å². The predicted octanol–water partition coefficient (Wildman–Crippen LogP) is 8.09. The summed E-state index contributed by atoms with van der Waals surface area (Å²) in [7, 11) is 0. The second-order valence-corrected chi connectivity index (χ2v) is 14.2.